The smallest absolute Gasteiger partial charge is 0.0711 e. The van der Waals surface area contributed by atoms with E-state index in [9.17, 15) is 0 Å². The third kappa shape index (κ3) is 2.96. The van der Waals surface area contributed by atoms with Gasteiger partial charge in [-0.1, -0.05) is 19.8 Å². The summed E-state index contributed by atoms with van der Waals surface area (Å²) in [5.74, 6) is 1.78. The number of ether oxygens (including phenoxy) is 1. The van der Waals surface area contributed by atoms with Crippen LogP contribution < -0.4 is 5.32 Å². The number of hydrogen-bond donors (Lipinski definition) is 1. The van der Waals surface area contributed by atoms with Gasteiger partial charge in [0.25, 0.3) is 0 Å². The van der Waals surface area contributed by atoms with Crippen LogP contribution in [-0.4, -0.2) is 25.8 Å². The molecule has 2 nitrogen and oxygen atoms in total. The van der Waals surface area contributed by atoms with Crippen molar-refractivity contribution in [2.75, 3.05) is 19.7 Å². The highest BCUT2D eigenvalue weighted by atomic mass is 16.5. The van der Waals surface area contributed by atoms with Crippen LogP contribution in [0.25, 0.3) is 0 Å². The molecule has 2 aliphatic rings. The minimum absolute atomic E-state index is 0.507. The van der Waals surface area contributed by atoms with Gasteiger partial charge in [0.05, 0.1) is 6.10 Å². The molecule has 2 fully saturated rings. The summed E-state index contributed by atoms with van der Waals surface area (Å²) in [6.07, 6.45) is 7.35. The largest absolute Gasteiger partial charge is 0.377 e. The van der Waals surface area contributed by atoms with E-state index in [-0.39, 0.29) is 0 Å². The van der Waals surface area contributed by atoms with E-state index in [2.05, 4.69) is 12.2 Å². The first-order valence-electron chi connectivity index (χ1n) is 6.17. The van der Waals surface area contributed by atoms with Crippen molar-refractivity contribution in [1.82, 2.24) is 5.32 Å². The molecular formula is C12H23NO. The predicted molar refractivity (Wildman–Crippen MR) is 58.3 cm³/mol. The van der Waals surface area contributed by atoms with Crippen LogP contribution >= 0.6 is 0 Å². The molecule has 0 aromatic heterocycles. The van der Waals surface area contributed by atoms with E-state index < -0.39 is 0 Å². The van der Waals surface area contributed by atoms with E-state index in [1.54, 1.807) is 0 Å². The molecule has 3 atom stereocenters. The zero-order chi connectivity index (χ0) is 9.80. The molecule has 0 radical (unpaired) electrons. The van der Waals surface area contributed by atoms with Crippen LogP contribution in [0.2, 0.25) is 0 Å². The van der Waals surface area contributed by atoms with Crippen molar-refractivity contribution in [3.8, 4) is 0 Å². The fourth-order valence-corrected chi connectivity index (χ4v) is 2.75. The van der Waals surface area contributed by atoms with Crippen LogP contribution in [0.4, 0.5) is 0 Å². The number of nitrogens with one attached hydrogen (secondary N) is 1. The molecule has 82 valence electrons. The quantitative estimate of drug-likeness (QED) is 0.749. The molecule has 0 bridgehead atoms. The molecule has 0 amide bonds. The Balaban J connectivity index is 1.64. The Hall–Kier alpha value is -0.0800. The van der Waals surface area contributed by atoms with Gasteiger partial charge in [0, 0.05) is 13.2 Å². The third-order valence-electron chi connectivity index (χ3n) is 3.63. The molecule has 2 rings (SSSR count). The van der Waals surface area contributed by atoms with Gasteiger partial charge < -0.3 is 10.1 Å². The highest BCUT2D eigenvalue weighted by Crippen LogP contribution is 2.29. The maximum atomic E-state index is 5.93. The fourth-order valence-electron chi connectivity index (χ4n) is 2.75. The second-order valence-electron chi connectivity index (χ2n) is 5.09. The molecule has 1 aliphatic carbocycles. The maximum absolute atomic E-state index is 5.93. The van der Waals surface area contributed by atoms with Crippen LogP contribution in [-0.2, 0) is 4.74 Å². The first-order chi connectivity index (χ1) is 6.84. The lowest BCUT2D eigenvalue weighted by Gasteiger charge is -2.27. The Labute approximate surface area is 87.4 Å². The lowest BCUT2D eigenvalue weighted by Crippen LogP contribution is -2.23. The lowest BCUT2D eigenvalue weighted by atomic mass is 9.83. The first kappa shape index (κ1) is 10.4. The Bertz CT molecular complexity index is 166. The minimum atomic E-state index is 0.507. The van der Waals surface area contributed by atoms with Crippen molar-refractivity contribution in [3.63, 3.8) is 0 Å². The lowest BCUT2D eigenvalue weighted by molar-refractivity contribution is 0.0267. The summed E-state index contributed by atoms with van der Waals surface area (Å²) in [4.78, 5) is 0. The Morgan fingerprint density at radius 1 is 1.29 bits per heavy atom. The highest BCUT2D eigenvalue weighted by Gasteiger charge is 2.21. The molecule has 0 aromatic carbocycles. The summed E-state index contributed by atoms with van der Waals surface area (Å²) < 4.78 is 5.93. The van der Waals surface area contributed by atoms with Crippen molar-refractivity contribution in [1.29, 1.82) is 0 Å². The van der Waals surface area contributed by atoms with Crippen molar-refractivity contribution in [2.24, 2.45) is 11.8 Å². The summed E-state index contributed by atoms with van der Waals surface area (Å²) in [5.41, 5.74) is 0. The molecule has 1 saturated heterocycles. The van der Waals surface area contributed by atoms with Crippen LogP contribution in [0.15, 0.2) is 0 Å². The summed E-state index contributed by atoms with van der Waals surface area (Å²) in [6.45, 7) is 5.61. The normalized spacial score (nSPS) is 38.8. The minimum Gasteiger partial charge on any atom is -0.377 e. The van der Waals surface area contributed by atoms with Gasteiger partial charge in [-0.25, -0.2) is 0 Å². The summed E-state index contributed by atoms with van der Waals surface area (Å²) in [7, 11) is 0. The zero-order valence-electron chi connectivity index (χ0n) is 9.30. The van der Waals surface area contributed by atoms with Gasteiger partial charge in [-0.05, 0) is 37.6 Å². The SMILES string of the molecule is CC1CCCC(CO[C@H]2CCNC2)C1. The van der Waals surface area contributed by atoms with Crippen molar-refractivity contribution in [2.45, 2.75) is 45.1 Å². The predicted octanol–water partition coefficient (Wildman–Crippen LogP) is 2.19. The van der Waals surface area contributed by atoms with E-state index in [1.165, 1.54) is 32.1 Å². The van der Waals surface area contributed by atoms with Crippen LogP contribution in [0.5, 0.6) is 0 Å². The summed E-state index contributed by atoms with van der Waals surface area (Å²) >= 11 is 0. The second-order valence-corrected chi connectivity index (χ2v) is 5.09. The Kier molecular flexibility index (Phi) is 3.82. The number of hydrogen-bond acceptors (Lipinski definition) is 2. The second kappa shape index (κ2) is 5.13. The zero-order valence-corrected chi connectivity index (χ0v) is 9.30. The first-order valence-corrected chi connectivity index (χ1v) is 6.17. The Morgan fingerprint density at radius 2 is 2.21 bits per heavy atom. The molecule has 1 N–H and O–H groups in total. The monoisotopic (exact) mass is 197 g/mol. The topological polar surface area (TPSA) is 21.3 Å². The van der Waals surface area contributed by atoms with Gasteiger partial charge >= 0.3 is 0 Å². The molecule has 2 unspecified atom stereocenters. The van der Waals surface area contributed by atoms with E-state index >= 15 is 0 Å². The number of rotatable bonds is 3. The van der Waals surface area contributed by atoms with Gasteiger partial charge in [-0.15, -0.1) is 0 Å². The van der Waals surface area contributed by atoms with Gasteiger partial charge in [-0.3, -0.25) is 0 Å². The van der Waals surface area contributed by atoms with Crippen molar-refractivity contribution >= 4 is 0 Å². The average Bonchev–Trinajstić information content (AvgIpc) is 2.67. The van der Waals surface area contributed by atoms with E-state index in [1.807, 2.05) is 0 Å². The average molecular weight is 197 g/mol. The molecule has 1 aliphatic heterocycles. The fraction of sp³-hybridized carbons (Fsp3) is 1.00. The summed E-state index contributed by atoms with van der Waals surface area (Å²) in [5, 5.41) is 3.34. The molecule has 14 heavy (non-hydrogen) atoms. The standard InChI is InChI=1S/C12H23NO/c1-10-3-2-4-11(7-10)9-14-12-5-6-13-8-12/h10-13H,2-9H2,1H3/t10?,11?,12-/m0/s1. The van der Waals surface area contributed by atoms with Gasteiger partial charge in [-0.2, -0.15) is 0 Å². The van der Waals surface area contributed by atoms with Crippen molar-refractivity contribution < 1.29 is 4.74 Å². The highest BCUT2D eigenvalue weighted by molar-refractivity contribution is 4.74. The van der Waals surface area contributed by atoms with Crippen LogP contribution in [0.1, 0.15) is 39.0 Å². The van der Waals surface area contributed by atoms with Crippen LogP contribution in [0.3, 0.4) is 0 Å². The summed E-state index contributed by atoms with van der Waals surface area (Å²) in [6, 6.07) is 0. The van der Waals surface area contributed by atoms with E-state index in [4.69, 9.17) is 4.74 Å². The van der Waals surface area contributed by atoms with E-state index in [0.29, 0.717) is 6.10 Å². The van der Waals surface area contributed by atoms with Crippen molar-refractivity contribution in [3.05, 3.63) is 0 Å². The molecule has 2 heteroatoms. The Morgan fingerprint density at radius 3 is 2.93 bits per heavy atom. The molecule has 0 aromatic rings. The molecule has 0 spiro atoms. The van der Waals surface area contributed by atoms with Gasteiger partial charge in [0.15, 0.2) is 0 Å². The van der Waals surface area contributed by atoms with E-state index in [0.717, 1.165) is 31.5 Å². The van der Waals surface area contributed by atoms with Crippen LogP contribution in [0, 0.1) is 11.8 Å². The third-order valence-corrected chi connectivity index (χ3v) is 3.63. The molecule has 1 heterocycles. The van der Waals surface area contributed by atoms with Gasteiger partial charge in [0.2, 0.25) is 0 Å². The molecular weight excluding hydrogens is 174 g/mol. The van der Waals surface area contributed by atoms with Gasteiger partial charge in [0.1, 0.15) is 0 Å². The molecule has 1 saturated carbocycles. The maximum Gasteiger partial charge on any atom is 0.0711 e.